The van der Waals surface area contributed by atoms with E-state index in [2.05, 4.69) is 9.59 Å². The standard InChI is InChI=1S/C11H17N3O3S/c1-4-5-8-10(18-13-12-8)11(17)14(7(2)3)6-9(15)16/h7H,4-6H2,1-3H3,(H,15,16). The van der Waals surface area contributed by atoms with Gasteiger partial charge in [-0.2, -0.15) is 0 Å². The molecule has 0 radical (unpaired) electrons. The van der Waals surface area contributed by atoms with Crippen LogP contribution >= 0.6 is 11.5 Å². The summed E-state index contributed by atoms with van der Waals surface area (Å²) in [5.41, 5.74) is 0.656. The largest absolute Gasteiger partial charge is 0.480 e. The molecule has 6 nitrogen and oxygen atoms in total. The van der Waals surface area contributed by atoms with Crippen LogP contribution < -0.4 is 0 Å². The Kier molecular flexibility index (Phi) is 5.21. The van der Waals surface area contributed by atoms with Crippen LogP contribution in [0.2, 0.25) is 0 Å². The molecule has 1 aromatic rings. The topological polar surface area (TPSA) is 83.4 Å². The number of rotatable bonds is 6. The first kappa shape index (κ1) is 14.6. The van der Waals surface area contributed by atoms with Crippen molar-refractivity contribution in [1.29, 1.82) is 0 Å². The minimum atomic E-state index is -1.02. The van der Waals surface area contributed by atoms with Crippen molar-refractivity contribution < 1.29 is 14.7 Å². The molecular weight excluding hydrogens is 254 g/mol. The molecule has 0 aliphatic heterocycles. The van der Waals surface area contributed by atoms with Crippen LogP contribution in [0.15, 0.2) is 0 Å². The van der Waals surface area contributed by atoms with Gasteiger partial charge in [0.2, 0.25) is 0 Å². The molecule has 0 bridgehead atoms. The fraction of sp³-hybridized carbons (Fsp3) is 0.636. The van der Waals surface area contributed by atoms with E-state index in [4.69, 9.17) is 5.11 Å². The Morgan fingerprint density at radius 2 is 2.11 bits per heavy atom. The van der Waals surface area contributed by atoms with Crippen LogP contribution in [0.5, 0.6) is 0 Å². The maximum absolute atomic E-state index is 12.3. The molecule has 7 heteroatoms. The van der Waals surface area contributed by atoms with E-state index >= 15 is 0 Å². The average Bonchev–Trinajstić information content (AvgIpc) is 2.73. The number of aryl methyl sites for hydroxylation is 1. The maximum atomic E-state index is 12.3. The van der Waals surface area contributed by atoms with Crippen LogP contribution in [-0.2, 0) is 11.2 Å². The van der Waals surface area contributed by atoms with Gasteiger partial charge in [0.15, 0.2) is 0 Å². The third-order valence-corrected chi connectivity index (χ3v) is 3.18. The van der Waals surface area contributed by atoms with Crippen molar-refractivity contribution >= 4 is 23.4 Å². The highest BCUT2D eigenvalue weighted by Crippen LogP contribution is 2.16. The number of amides is 1. The van der Waals surface area contributed by atoms with E-state index < -0.39 is 5.97 Å². The summed E-state index contributed by atoms with van der Waals surface area (Å²) in [5, 5.41) is 12.8. The van der Waals surface area contributed by atoms with Crippen LogP contribution in [0.4, 0.5) is 0 Å². The van der Waals surface area contributed by atoms with E-state index in [9.17, 15) is 9.59 Å². The minimum absolute atomic E-state index is 0.176. The van der Waals surface area contributed by atoms with Gasteiger partial charge in [0.1, 0.15) is 11.4 Å². The highest BCUT2D eigenvalue weighted by Gasteiger charge is 2.25. The summed E-state index contributed by atoms with van der Waals surface area (Å²) in [6, 6.07) is -0.176. The lowest BCUT2D eigenvalue weighted by molar-refractivity contribution is -0.138. The van der Waals surface area contributed by atoms with Crippen LogP contribution in [0.1, 0.15) is 42.6 Å². The average molecular weight is 271 g/mol. The van der Waals surface area contributed by atoms with E-state index in [-0.39, 0.29) is 18.5 Å². The number of nitrogens with zero attached hydrogens (tertiary/aromatic N) is 3. The molecule has 1 N–H and O–H groups in total. The van der Waals surface area contributed by atoms with E-state index in [0.717, 1.165) is 18.0 Å². The monoisotopic (exact) mass is 271 g/mol. The molecule has 0 spiro atoms. The second-order valence-electron chi connectivity index (χ2n) is 4.22. The van der Waals surface area contributed by atoms with Crippen molar-refractivity contribution in [2.45, 2.75) is 39.7 Å². The third kappa shape index (κ3) is 3.49. The van der Waals surface area contributed by atoms with Crippen molar-refractivity contribution in [3.8, 4) is 0 Å². The molecule has 0 saturated carbocycles. The van der Waals surface area contributed by atoms with Crippen molar-refractivity contribution in [1.82, 2.24) is 14.5 Å². The van der Waals surface area contributed by atoms with Gasteiger partial charge in [-0.3, -0.25) is 9.59 Å². The lowest BCUT2D eigenvalue weighted by Gasteiger charge is -2.24. The zero-order valence-electron chi connectivity index (χ0n) is 10.7. The van der Waals surface area contributed by atoms with E-state index in [1.807, 2.05) is 6.92 Å². The molecule has 18 heavy (non-hydrogen) atoms. The first-order valence-corrected chi connectivity index (χ1v) is 6.58. The molecule has 1 rings (SSSR count). The third-order valence-electron chi connectivity index (χ3n) is 2.43. The Labute approximate surface area is 110 Å². The smallest absolute Gasteiger partial charge is 0.323 e. The Hall–Kier alpha value is -1.50. The maximum Gasteiger partial charge on any atom is 0.323 e. The summed E-state index contributed by atoms with van der Waals surface area (Å²) in [4.78, 5) is 24.8. The summed E-state index contributed by atoms with van der Waals surface area (Å²) < 4.78 is 3.78. The zero-order valence-corrected chi connectivity index (χ0v) is 11.5. The number of hydrogen-bond donors (Lipinski definition) is 1. The minimum Gasteiger partial charge on any atom is -0.480 e. The number of carboxylic acid groups (broad SMARTS) is 1. The number of carbonyl (C=O) groups excluding carboxylic acids is 1. The van der Waals surface area contributed by atoms with Gasteiger partial charge in [0.25, 0.3) is 5.91 Å². The van der Waals surface area contributed by atoms with Crippen molar-refractivity contribution in [3.63, 3.8) is 0 Å². The molecule has 0 aliphatic carbocycles. The second-order valence-corrected chi connectivity index (χ2v) is 4.97. The van der Waals surface area contributed by atoms with Gasteiger partial charge >= 0.3 is 5.97 Å². The first-order chi connectivity index (χ1) is 8.47. The van der Waals surface area contributed by atoms with Gasteiger partial charge in [0.05, 0.1) is 5.69 Å². The first-order valence-electron chi connectivity index (χ1n) is 5.81. The van der Waals surface area contributed by atoms with Gasteiger partial charge in [-0.1, -0.05) is 17.8 Å². The normalized spacial score (nSPS) is 10.7. The Morgan fingerprint density at radius 3 is 2.61 bits per heavy atom. The highest BCUT2D eigenvalue weighted by molar-refractivity contribution is 7.08. The Balaban J connectivity index is 2.94. The van der Waals surface area contributed by atoms with Gasteiger partial charge in [-0.25, -0.2) is 0 Å². The molecule has 0 unspecified atom stereocenters. The summed E-state index contributed by atoms with van der Waals surface area (Å²) in [6.07, 6.45) is 1.54. The van der Waals surface area contributed by atoms with Crippen molar-refractivity contribution in [2.24, 2.45) is 0 Å². The van der Waals surface area contributed by atoms with Gasteiger partial charge < -0.3 is 10.0 Å². The van der Waals surface area contributed by atoms with Crippen molar-refractivity contribution in [2.75, 3.05) is 6.54 Å². The Bertz CT molecular complexity index is 431. The van der Waals surface area contributed by atoms with Crippen LogP contribution in [0.25, 0.3) is 0 Å². The number of carboxylic acids is 1. The zero-order chi connectivity index (χ0) is 13.7. The van der Waals surface area contributed by atoms with E-state index in [1.54, 1.807) is 13.8 Å². The molecule has 100 valence electrons. The SMILES string of the molecule is CCCc1nnsc1C(=O)N(CC(=O)O)C(C)C. The predicted molar refractivity (Wildman–Crippen MR) is 67.7 cm³/mol. The highest BCUT2D eigenvalue weighted by atomic mass is 32.1. The van der Waals surface area contributed by atoms with Crippen LogP contribution in [0.3, 0.4) is 0 Å². The second kappa shape index (κ2) is 6.44. The molecular formula is C11H17N3O3S. The van der Waals surface area contributed by atoms with Crippen LogP contribution in [-0.4, -0.2) is 44.1 Å². The molecule has 1 aromatic heterocycles. The number of aliphatic carboxylic acids is 1. The number of carbonyl (C=O) groups is 2. The van der Waals surface area contributed by atoms with Crippen molar-refractivity contribution in [3.05, 3.63) is 10.6 Å². The summed E-state index contributed by atoms with van der Waals surface area (Å²) in [5.74, 6) is -1.32. The van der Waals surface area contributed by atoms with Gasteiger partial charge in [-0.05, 0) is 31.8 Å². The van der Waals surface area contributed by atoms with E-state index in [0.29, 0.717) is 17.0 Å². The van der Waals surface area contributed by atoms with Gasteiger partial charge in [-0.15, -0.1) is 5.10 Å². The molecule has 0 aromatic carbocycles. The number of hydrogen-bond acceptors (Lipinski definition) is 5. The fourth-order valence-electron chi connectivity index (χ4n) is 1.54. The molecule has 0 atom stereocenters. The molecule has 0 aliphatic rings. The summed E-state index contributed by atoms with van der Waals surface area (Å²) >= 11 is 1.03. The number of aromatic nitrogens is 2. The lowest BCUT2D eigenvalue weighted by atomic mass is 10.2. The lowest BCUT2D eigenvalue weighted by Crippen LogP contribution is -2.40. The molecule has 0 saturated heterocycles. The molecule has 1 amide bonds. The summed E-state index contributed by atoms with van der Waals surface area (Å²) in [7, 11) is 0. The van der Waals surface area contributed by atoms with E-state index in [1.165, 1.54) is 4.90 Å². The quantitative estimate of drug-likeness (QED) is 0.846. The fourth-order valence-corrected chi connectivity index (χ4v) is 2.20. The van der Waals surface area contributed by atoms with Gasteiger partial charge in [0, 0.05) is 6.04 Å². The molecule has 0 fully saturated rings. The Morgan fingerprint density at radius 1 is 1.44 bits per heavy atom. The van der Waals surface area contributed by atoms with Crippen LogP contribution in [0, 0.1) is 0 Å². The molecule has 1 heterocycles. The summed E-state index contributed by atoms with van der Waals surface area (Å²) in [6.45, 7) is 5.26. The predicted octanol–water partition coefficient (Wildman–Crippen LogP) is 1.43.